The van der Waals surface area contributed by atoms with Gasteiger partial charge in [-0.2, -0.15) is 18.3 Å². The van der Waals surface area contributed by atoms with E-state index in [0.29, 0.717) is 30.1 Å². The molecule has 0 aliphatic carbocycles. The Balaban J connectivity index is 1.46. The van der Waals surface area contributed by atoms with Crippen LogP contribution in [0.15, 0.2) is 48.8 Å². The summed E-state index contributed by atoms with van der Waals surface area (Å²) >= 11 is 0. The second-order valence-corrected chi connectivity index (χ2v) is 9.98. The van der Waals surface area contributed by atoms with Gasteiger partial charge >= 0.3 is 6.18 Å². The van der Waals surface area contributed by atoms with Gasteiger partial charge in [-0.25, -0.2) is 4.98 Å². The van der Waals surface area contributed by atoms with Crippen molar-refractivity contribution in [2.24, 2.45) is 12.8 Å². The number of nitrogens with zero attached hydrogens (tertiary/aromatic N) is 7. The minimum absolute atomic E-state index is 0.117. The number of pyridine rings is 2. The van der Waals surface area contributed by atoms with Gasteiger partial charge in [-0.1, -0.05) is 24.3 Å². The summed E-state index contributed by atoms with van der Waals surface area (Å²) in [5.41, 5.74) is 11.9. The molecule has 6 rings (SSSR count). The van der Waals surface area contributed by atoms with E-state index >= 15 is 0 Å². The molecule has 1 aliphatic rings. The third-order valence-corrected chi connectivity index (χ3v) is 7.54. The van der Waals surface area contributed by atoms with Gasteiger partial charge in [0.05, 0.1) is 11.7 Å². The van der Waals surface area contributed by atoms with E-state index in [1.165, 1.54) is 17.2 Å². The van der Waals surface area contributed by atoms with Crippen molar-refractivity contribution in [3.8, 4) is 22.6 Å². The van der Waals surface area contributed by atoms with E-state index in [-0.39, 0.29) is 18.2 Å². The molecule has 1 saturated heterocycles. The van der Waals surface area contributed by atoms with E-state index in [0.717, 1.165) is 33.3 Å². The van der Waals surface area contributed by atoms with E-state index in [1.54, 1.807) is 10.5 Å². The van der Waals surface area contributed by atoms with E-state index in [2.05, 4.69) is 21.4 Å². The molecule has 38 heavy (non-hydrogen) atoms. The smallest absolute Gasteiger partial charge is 0.326 e. The Morgan fingerprint density at radius 3 is 2.50 bits per heavy atom. The number of halogens is 3. The molecule has 0 saturated carbocycles. The standard InChI is InChI=1S/C27H27F3N8/c1-15-20(21-12-32-36(3)16(21)2)7-4-17-5-8-22(33-24(15)17)26-35-34-23-9-6-18(13-38(23)26)25(27(28,29)30)37-11-10-19(31)14-37/h4-9,12-13,19,25H,10-11,14,31H2,1-3H3. The van der Waals surface area contributed by atoms with E-state index < -0.39 is 12.2 Å². The second-order valence-electron chi connectivity index (χ2n) is 9.98. The van der Waals surface area contributed by atoms with Crippen molar-refractivity contribution in [2.45, 2.75) is 38.5 Å². The third-order valence-electron chi connectivity index (χ3n) is 7.54. The van der Waals surface area contributed by atoms with E-state index in [9.17, 15) is 13.2 Å². The fourth-order valence-electron chi connectivity index (χ4n) is 5.41. The zero-order valence-corrected chi connectivity index (χ0v) is 21.2. The van der Waals surface area contributed by atoms with Crippen molar-refractivity contribution in [3.63, 3.8) is 0 Å². The van der Waals surface area contributed by atoms with Crippen LogP contribution in [0.25, 0.3) is 39.2 Å². The number of likely N-dealkylation sites (tertiary alicyclic amines) is 1. The molecule has 4 aromatic heterocycles. The van der Waals surface area contributed by atoms with Gasteiger partial charge in [0.25, 0.3) is 0 Å². The molecule has 8 nitrogen and oxygen atoms in total. The van der Waals surface area contributed by atoms with Gasteiger partial charge in [0.2, 0.25) is 0 Å². The molecule has 0 spiro atoms. The third kappa shape index (κ3) is 4.02. The molecule has 2 atom stereocenters. The molecule has 1 fully saturated rings. The fraction of sp³-hybridized carbons (Fsp3) is 0.333. The van der Waals surface area contributed by atoms with Crippen LogP contribution in [0.2, 0.25) is 0 Å². The predicted molar refractivity (Wildman–Crippen MR) is 138 cm³/mol. The van der Waals surface area contributed by atoms with Crippen molar-refractivity contribution in [1.29, 1.82) is 0 Å². The summed E-state index contributed by atoms with van der Waals surface area (Å²) in [4.78, 5) is 6.30. The number of nitrogens with two attached hydrogens (primary N) is 1. The zero-order valence-electron chi connectivity index (χ0n) is 21.2. The van der Waals surface area contributed by atoms with Crippen LogP contribution >= 0.6 is 0 Å². The van der Waals surface area contributed by atoms with Crippen LogP contribution in [0.4, 0.5) is 13.2 Å². The summed E-state index contributed by atoms with van der Waals surface area (Å²) in [6.07, 6.45) is -0.606. The number of fused-ring (bicyclic) bond motifs is 2. The summed E-state index contributed by atoms with van der Waals surface area (Å²) in [7, 11) is 1.90. The largest absolute Gasteiger partial charge is 0.408 e. The number of alkyl halides is 3. The molecule has 1 aliphatic heterocycles. The molecule has 5 aromatic rings. The average Bonchev–Trinajstić information content (AvgIpc) is 3.58. The van der Waals surface area contributed by atoms with Crippen molar-refractivity contribution in [1.82, 2.24) is 34.3 Å². The number of aromatic nitrogens is 6. The lowest BCUT2D eigenvalue weighted by atomic mass is 9.98. The Kier molecular flexibility index (Phi) is 5.73. The molecule has 11 heteroatoms. The van der Waals surface area contributed by atoms with Gasteiger partial charge in [0.15, 0.2) is 11.5 Å². The quantitative estimate of drug-likeness (QED) is 0.373. The molecule has 0 radical (unpaired) electrons. The molecule has 1 aromatic carbocycles. The predicted octanol–water partition coefficient (Wildman–Crippen LogP) is 4.60. The van der Waals surface area contributed by atoms with Crippen LogP contribution in [-0.4, -0.2) is 59.6 Å². The van der Waals surface area contributed by atoms with Crippen molar-refractivity contribution >= 4 is 16.6 Å². The van der Waals surface area contributed by atoms with Crippen molar-refractivity contribution in [3.05, 3.63) is 65.6 Å². The normalized spacial score (nSPS) is 17.6. The number of hydrogen-bond acceptors (Lipinski definition) is 6. The van der Waals surface area contributed by atoms with Gasteiger partial charge in [0.1, 0.15) is 11.7 Å². The maximum atomic E-state index is 14.2. The highest BCUT2D eigenvalue weighted by molar-refractivity contribution is 5.90. The Morgan fingerprint density at radius 1 is 1.03 bits per heavy atom. The SMILES string of the molecule is Cc1c(-c2cnn(C)c2C)ccc2ccc(-c3nnc4ccc(C(N5CCC(N)C5)C(F)(F)F)cn34)nc12. The molecule has 0 bridgehead atoms. The maximum absolute atomic E-state index is 14.2. The maximum Gasteiger partial charge on any atom is 0.408 e. The molecule has 5 heterocycles. The van der Waals surface area contributed by atoms with Crippen molar-refractivity contribution < 1.29 is 13.2 Å². The first-order valence-corrected chi connectivity index (χ1v) is 12.4. The topological polar surface area (TPSA) is 90.2 Å². The number of aryl methyl sites for hydroxylation is 2. The highest BCUT2D eigenvalue weighted by atomic mass is 19.4. The Labute approximate surface area is 216 Å². The minimum Gasteiger partial charge on any atom is -0.326 e. The molecule has 0 amide bonds. The van der Waals surface area contributed by atoms with Crippen LogP contribution in [0.3, 0.4) is 0 Å². The fourth-order valence-corrected chi connectivity index (χ4v) is 5.41. The molecular formula is C27H27F3N8. The summed E-state index contributed by atoms with van der Waals surface area (Å²) in [5.74, 6) is 0.380. The van der Waals surface area contributed by atoms with Crippen LogP contribution in [-0.2, 0) is 7.05 Å². The molecule has 196 valence electrons. The van der Waals surface area contributed by atoms with Crippen molar-refractivity contribution in [2.75, 3.05) is 13.1 Å². The Hall–Kier alpha value is -3.83. The van der Waals surface area contributed by atoms with Gasteiger partial charge in [0, 0.05) is 49.0 Å². The summed E-state index contributed by atoms with van der Waals surface area (Å²) in [6, 6.07) is 8.85. The Morgan fingerprint density at radius 2 is 1.82 bits per heavy atom. The highest BCUT2D eigenvalue weighted by Gasteiger charge is 2.46. The second kappa shape index (κ2) is 8.88. The van der Waals surface area contributed by atoms with Gasteiger partial charge in [-0.3, -0.25) is 14.0 Å². The first kappa shape index (κ1) is 24.5. The number of hydrogen-bond donors (Lipinski definition) is 1. The van der Waals surface area contributed by atoms with Gasteiger partial charge in [-0.05, 0) is 49.1 Å². The zero-order chi connectivity index (χ0) is 26.8. The first-order chi connectivity index (χ1) is 18.1. The molecule has 2 N–H and O–H groups in total. The summed E-state index contributed by atoms with van der Waals surface area (Å²) in [6.45, 7) is 4.51. The lowest BCUT2D eigenvalue weighted by Gasteiger charge is -2.30. The first-order valence-electron chi connectivity index (χ1n) is 12.4. The lowest BCUT2D eigenvalue weighted by Crippen LogP contribution is -2.38. The van der Waals surface area contributed by atoms with Crippen LogP contribution in [0.1, 0.15) is 29.3 Å². The molecular weight excluding hydrogens is 493 g/mol. The van der Waals surface area contributed by atoms with Gasteiger partial charge < -0.3 is 5.73 Å². The summed E-state index contributed by atoms with van der Waals surface area (Å²) in [5, 5.41) is 13.8. The van der Waals surface area contributed by atoms with Gasteiger partial charge in [-0.15, -0.1) is 10.2 Å². The molecule has 2 unspecified atom stereocenters. The summed E-state index contributed by atoms with van der Waals surface area (Å²) < 4.78 is 46.1. The van der Waals surface area contributed by atoms with Crippen LogP contribution in [0, 0.1) is 13.8 Å². The van der Waals surface area contributed by atoms with Crippen LogP contribution < -0.4 is 5.73 Å². The van der Waals surface area contributed by atoms with E-state index in [4.69, 9.17) is 10.7 Å². The average molecular weight is 521 g/mol. The lowest BCUT2D eigenvalue weighted by molar-refractivity contribution is -0.183. The highest BCUT2D eigenvalue weighted by Crippen LogP contribution is 2.39. The number of rotatable bonds is 4. The number of benzene rings is 1. The Bertz CT molecular complexity index is 1670. The van der Waals surface area contributed by atoms with Crippen LogP contribution in [0.5, 0.6) is 0 Å². The minimum atomic E-state index is -4.45. The van der Waals surface area contributed by atoms with E-state index in [1.807, 2.05) is 50.0 Å². The monoisotopic (exact) mass is 520 g/mol.